The zero-order valence-electron chi connectivity index (χ0n) is 13.4. The molecule has 0 amide bonds. The van der Waals surface area contributed by atoms with Gasteiger partial charge in [-0.05, 0) is 63.9 Å². The SMILES string of the molecule is CCCNCCc1c(C)nc(-c2ccncc2C)nc1C. The van der Waals surface area contributed by atoms with E-state index in [2.05, 4.69) is 31.1 Å². The molecule has 1 N–H and O–H groups in total. The maximum atomic E-state index is 4.70. The Morgan fingerprint density at radius 2 is 1.76 bits per heavy atom. The fourth-order valence-corrected chi connectivity index (χ4v) is 2.46. The van der Waals surface area contributed by atoms with E-state index in [0.717, 1.165) is 54.3 Å². The van der Waals surface area contributed by atoms with Crippen LogP contribution in [0, 0.1) is 20.8 Å². The fraction of sp³-hybridized carbons (Fsp3) is 0.471. The highest BCUT2D eigenvalue weighted by Crippen LogP contribution is 2.21. The van der Waals surface area contributed by atoms with Crippen molar-refractivity contribution in [2.24, 2.45) is 0 Å². The summed E-state index contributed by atoms with van der Waals surface area (Å²) in [4.78, 5) is 13.5. The Morgan fingerprint density at radius 1 is 1.05 bits per heavy atom. The zero-order chi connectivity index (χ0) is 15.2. The predicted octanol–water partition coefficient (Wildman–Crippen LogP) is 3.01. The van der Waals surface area contributed by atoms with E-state index in [-0.39, 0.29) is 0 Å². The van der Waals surface area contributed by atoms with E-state index in [9.17, 15) is 0 Å². The maximum absolute atomic E-state index is 4.70. The minimum atomic E-state index is 0.801. The third-order valence-corrected chi connectivity index (χ3v) is 3.66. The molecule has 4 nitrogen and oxygen atoms in total. The van der Waals surface area contributed by atoms with Gasteiger partial charge >= 0.3 is 0 Å². The van der Waals surface area contributed by atoms with Crippen molar-refractivity contribution in [1.82, 2.24) is 20.3 Å². The molecule has 0 fully saturated rings. The second-order valence-corrected chi connectivity index (χ2v) is 5.39. The number of aryl methyl sites for hydroxylation is 3. The van der Waals surface area contributed by atoms with Crippen LogP contribution in [0.15, 0.2) is 18.5 Å². The van der Waals surface area contributed by atoms with Crippen LogP contribution in [0.2, 0.25) is 0 Å². The van der Waals surface area contributed by atoms with Crippen molar-refractivity contribution in [3.8, 4) is 11.4 Å². The summed E-state index contributed by atoms with van der Waals surface area (Å²) in [6.45, 7) is 10.4. The van der Waals surface area contributed by atoms with Gasteiger partial charge in [0, 0.05) is 29.3 Å². The first-order valence-electron chi connectivity index (χ1n) is 7.59. The molecule has 0 aliphatic heterocycles. The monoisotopic (exact) mass is 284 g/mol. The molecule has 2 aromatic rings. The summed E-state index contributed by atoms with van der Waals surface area (Å²) in [7, 11) is 0. The van der Waals surface area contributed by atoms with Crippen molar-refractivity contribution in [1.29, 1.82) is 0 Å². The van der Waals surface area contributed by atoms with Crippen molar-refractivity contribution in [3.05, 3.63) is 41.0 Å². The molecular formula is C17H24N4. The summed E-state index contributed by atoms with van der Waals surface area (Å²) in [5.74, 6) is 0.801. The van der Waals surface area contributed by atoms with Crippen molar-refractivity contribution in [2.45, 2.75) is 40.5 Å². The maximum Gasteiger partial charge on any atom is 0.160 e. The Hall–Kier alpha value is -1.81. The Labute approximate surface area is 127 Å². The number of nitrogens with one attached hydrogen (secondary N) is 1. The van der Waals surface area contributed by atoms with Gasteiger partial charge in [-0.1, -0.05) is 6.92 Å². The lowest BCUT2D eigenvalue weighted by Gasteiger charge is -2.12. The number of pyridine rings is 1. The van der Waals surface area contributed by atoms with Crippen molar-refractivity contribution in [3.63, 3.8) is 0 Å². The van der Waals surface area contributed by atoms with Crippen LogP contribution in [0.25, 0.3) is 11.4 Å². The Morgan fingerprint density at radius 3 is 2.38 bits per heavy atom. The summed E-state index contributed by atoms with van der Waals surface area (Å²) in [5.41, 5.74) is 5.58. The molecule has 0 unspecified atom stereocenters. The Bertz CT molecular complexity index is 584. The zero-order valence-corrected chi connectivity index (χ0v) is 13.4. The molecule has 0 spiro atoms. The molecule has 0 aromatic carbocycles. The molecule has 4 heteroatoms. The third kappa shape index (κ3) is 3.85. The minimum absolute atomic E-state index is 0.801. The first-order valence-corrected chi connectivity index (χ1v) is 7.59. The molecule has 0 saturated heterocycles. The summed E-state index contributed by atoms with van der Waals surface area (Å²) in [5, 5.41) is 3.43. The van der Waals surface area contributed by atoms with Crippen LogP contribution in [-0.4, -0.2) is 28.0 Å². The largest absolute Gasteiger partial charge is 0.316 e. The van der Waals surface area contributed by atoms with E-state index >= 15 is 0 Å². The van der Waals surface area contributed by atoms with Crippen molar-refractivity contribution >= 4 is 0 Å². The van der Waals surface area contributed by atoms with Gasteiger partial charge < -0.3 is 5.32 Å². The minimum Gasteiger partial charge on any atom is -0.316 e. The summed E-state index contributed by atoms with van der Waals surface area (Å²) in [6, 6.07) is 1.98. The van der Waals surface area contributed by atoms with Crippen LogP contribution in [-0.2, 0) is 6.42 Å². The number of nitrogens with zero attached hydrogens (tertiary/aromatic N) is 3. The van der Waals surface area contributed by atoms with E-state index in [4.69, 9.17) is 9.97 Å². The molecular weight excluding hydrogens is 260 g/mol. The molecule has 2 aromatic heterocycles. The van der Waals surface area contributed by atoms with Gasteiger partial charge in [-0.15, -0.1) is 0 Å². The van der Waals surface area contributed by atoms with Crippen LogP contribution in [0.5, 0.6) is 0 Å². The van der Waals surface area contributed by atoms with Crippen LogP contribution in [0.3, 0.4) is 0 Å². The smallest absolute Gasteiger partial charge is 0.160 e. The second-order valence-electron chi connectivity index (χ2n) is 5.39. The molecule has 0 aliphatic rings. The summed E-state index contributed by atoms with van der Waals surface area (Å²) in [6.07, 6.45) is 5.78. The summed E-state index contributed by atoms with van der Waals surface area (Å²) >= 11 is 0. The molecule has 112 valence electrons. The highest BCUT2D eigenvalue weighted by atomic mass is 14.9. The third-order valence-electron chi connectivity index (χ3n) is 3.66. The molecule has 0 bridgehead atoms. The molecule has 0 aliphatic carbocycles. The lowest BCUT2D eigenvalue weighted by molar-refractivity contribution is 0.666. The van der Waals surface area contributed by atoms with Crippen molar-refractivity contribution < 1.29 is 0 Å². The lowest BCUT2D eigenvalue weighted by atomic mass is 10.1. The van der Waals surface area contributed by atoms with Crippen LogP contribution >= 0.6 is 0 Å². The quantitative estimate of drug-likeness (QED) is 0.828. The van der Waals surface area contributed by atoms with Gasteiger partial charge in [-0.3, -0.25) is 4.98 Å². The number of aromatic nitrogens is 3. The van der Waals surface area contributed by atoms with Crippen LogP contribution in [0.1, 0.15) is 35.9 Å². The van der Waals surface area contributed by atoms with E-state index in [1.165, 1.54) is 5.56 Å². The highest BCUT2D eigenvalue weighted by molar-refractivity contribution is 5.59. The molecule has 0 radical (unpaired) electrons. The van der Waals surface area contributed by atoms with Crippen molar-refractivity contribution in [2.75, 3.05) is 13.1 Å². The topological polar surface area (TPSA) is 50.7 Å². The van der Waals surface area contributed by atoms with Gasteiger partial charge in [-0.2, -0.15) is 0 Å². The Balaban J connectivity index is 2.23. The van der Waals surface area contributed by atoms with E-state index in [1.54, 1.807) is 6.20 Å². The van der Waals surface area contributed by atoms with Gasteiger partial charge in [0.05, 0.1) is 0 Å². The standard InChI is InChI=1S/C17H24N4/c1-5-8-18-9-7-16-13(3)20-17(21-14(16)4)15-6-10-19-11-12(15)2/h6,10-11,18H,5,7-9H2,1-4H3. The molecule has 0 atom stereocenters. The molecule has 2 heterocycles. The second kappa shape index (κ2) is 7.27. The van der Waals surface area contributed by atoms with Gasteiger partial charge in [-0.25, -0.2) is 9.97 Å². The first kappa shape index (κ1) is 15.6. The average Bonchev–Trinajstić information content (AvgIpc) is 2.46. The van der Waals surface area contributed by atoms with Gasteiger partial charge in [0.1, 0.15) is 0 Å². The van der Waals surface area contributed by atoms with E-state index < -0.39 is 0 Å². The molecule has 0 saturated carbocycles. The van der Waals surface area contributed by atoms with E-state index in [1.807, 2.05) is 19.2 Å². The number of hydrogen-bond acceptors (Lipinski definition) is 4. The van der Waals surface area contributed by atoms with Crippen LogP contribution in [0.4, 0.5) is 0 Å². The summed E-state index contributed by atoms with van der Waals surface area (Å²) < 4.78 is 0. The van der Waals surface area contributed by atoms with E-state index in [0.29, 0.717) is 0 Å². The fourth-order valence-electron chi connectivity index (χ4n) is 2.46. The van der Waals surface area contributed by atoms with Gasteiger partial charge in [0.15, 0.2) is 5.82 Å². The predicted molar refractivity (Wildman–Crippen MR) is 86.3 cm³/mol. The molecule has 21 heavy (non-hydrogen) atoms. The number of rotatable bonds is 6. The first-order chi connectivity index (χ1) is 10.1. The molecule has 2 rings (SSSR count). The van der Waals surface area contributed by atoms with Crippen LogP contribution < -0.4 is 5.32 Å². The normalized spacial score (nSPS) is 10.9. The lowest BCUT2D eigenvalue weighted by Crippen LogP contribution is -2.19. The number of hydrogen-bond donors (Lipinski definition) is 1. The highest BCUT2D eigenvalue weighted by Gasteiger charge is 2.11. The van der Waals surface area contributed by atoms with Gasteiger partial charge in [0.2, 0.25) is 0 Å². The Kier molecular flexibility index (Phi) is 5.39. The average molecular weight is 284 g/mol. The van der Waals surface area contributed by atoms with Gasteiger partial charge in [0.25, 0.3) is 0 Å².